The number of aromatic carboxylic acids is 1. The molecule has 0 aromatic heterocycles. The number of imide groups is 2. The summed E-state index contributed by atoms with van der Waals surface area (Å²) in [5, 5.41) is 19.2. The number of hydrogen-bond donors (Lipinski definition) is 3. The van der Waals surface area contributed by atoms with Crippen LogP contribution in [0.1, 0.15) is 122 Å². The minimum absolute atomic E-state index is 0.0985. The molecule has 6 aromatic rings. The molecule has 0 saturated heterocycles. The van der Waals surface area contributed by atoms with E-state index >= 15 is 0 Å². The zero-order chi connectivity index (χ0) is 74.4. The quantitative estimate of drug-likeness (QED) is 0.0237. The molecule has 0 unspecified atom stereocenters. The molecule has 0 aliphatic carbocycles. The Morgan fingerprint density at radius 3 is 1.10 bits per heavy atom. The van der Waals surface area contributed by atoms with Crippen molar-refractivity contribution in [3.63, 3.8) is 0 Å². The average Bonchev–Trinajstić information content (AvgIpc) is 1.04. The first kappa shape index (κ1) is 84.3. The van der Waals surface area contributed by atoms with Crippen LogP contribution in [-0.4, -0.2) is 130 Å². The molecule has 0 bridgehead atoms. The number of halogens is 4. The van der Waals surface area contributed by atoms with Gasteiger partial charge in [-0.3, -0.25) is 51.7 Å². The predicted molar refractivity (Wildman–Crippen MR) is 367 cm³/mol. The van der Waals surface area contributed by atoms with Gasteiger partial charge in [0, 0.05) is 56.0 Å². The zero-order valence-electron chi connectivity index (χ0n) is 58.3. The van der Waals surface area contributed by atoms with E-state index in [2.05, 4.69) is 105 Å². The number of quaternary nitrogens is 1. The summed E-state index contributed by atoms with van der Waals surface area (Å²) in [7, 11) is 3.40. The van der Waals surface area contributed by atoms with E-state index in [0.717, 1.165) is 54.4 Å². The number of alkyl halides is 1. The third kappa shape index (κ3) is 25.7. The molecule has 2 heterocycles. The summed E-state index contributed by atoms with van der Waals surface area (Å²) in [5.41, 5.74) is 22.2. The Bertz CT molecular complexity index is 3820. The Morgan fingerprint density at radius 2 is 0.806 bits per heavy atom. The van der Waals surface area contributed by atoms with Gasteiger partial charge in [-0.1, -0.05) is 0 Å². The van der Waals surface area contributed by atoms with Crippen LogP contribution in [-0.2, 0) is 55.5 Å². The molecule has 0 atom stereocenters. The second-order valence-electron chi connectivity index (χ2n) is 22.5. The maximum Gasteiger partial charge on any atom is 0.431 e. The van der Waals surface area contributed by atoms with Gasteiger partial charge in [0.15, 0.2) is 5.81 Å². The lowest BCUT2D eigenvalue weighted by atomic mass is 9.90. The van der Waals surface area contributed by atoms with Crippen LogP contribution in [0.5, 0.6) is 0 Å². The number of hydrogen-bond acceptors (Lipinski definition) is 15. The minimum atomic E-state index is -3.39. The number of amides is 5. The van der Waals surface area contributed by atoms with Crippen molar-refractivity contribution >= 4 is 60.7 Å². The van der Waals surface area contributed by atoms with Gasteiger partial charge in [0.2, 0.25) is 0 Å². The molecular weight excluding hydrogens is 1290 g/mol. The molecule has 0 saturated carbocycles. The smallest absolute Gasteiger partial charge is 0.431 e. The van der Waals surface area contributed by atoms with E-state index < -0.39 is 31.2 Å². The number of nitrogens with two attached hydrogens (primary N) is 1. The van der Waals surface area contributed by atoms with Crippen LogP contribution >= 0.6 is 7.60 Å². The number of rotatable bonds is 18. The fraction of sp³-hybridized carbons (Fsp3) is 0.329. The minimum Gasteiger partial charge on any atom is -0.478 e. The molecule has 0 spiro atoms. The maximum atomic E-state index is 12.9. The van der Waals surface area contributed by atoms with E-state index in [-0.39, 0.29) is 79.8 Å². The number of nitrogens with one attached hydrogen (secondary N) is 1. The van der Waals surface area contributed by atoms with Gasteiger partial charge in [-0.25, -0.2) is 32.1 Å². The third-order valence-electron chi connectivity index (χ3n) is 15.7. The number of carbonyl (C=O) groups is 8. The molecular formula is C73H88F4N6O14P+. The Labute approximate surface area is 570 Å². The number of nitrogens with zero attached hydrogens (tertiary/aromatic N) is 4. The average molecular weight is 1380 g/mol. The summed E-state index contributed by atoms with van der Waals surface area (Å²) >= 11 is 0. The first-order chi connectivity index (χ1) is 46.1. The lowest BCUT2D eigenvalue weighted by Crippen LogP contribution is -2.38. The van der Waals surface area contributed by atoms with E-state index in [0.29, 0.717) is 43.6 Å². The Hall–Kier alpha value is -9.76. The standard InChI is InChI=1S/C22H30NO2.C19H21FO2.C13H11FN2O3.C7H5FO2.C6H8N2O2.C5H10NO3P.CH3F/c1-14-15(2)17(4)21(18(5)16(14)3)13-25-22(24)19-9-11-20(12-10-19)23(6,7)8;1-11-12(2)14(4)18(15(5)13(11)3)10-22-19(21)16-6-8-17(20)9-7-16;14-10-3-1-9(2-4-10)13(19)15-7-8-16-11(17)5-6-12(16)18;8-6-3-1-5(2-4-6)7(9)10;7-3-4-8-5(9)1-2-6(8)10;1-3-8-10(7,5-6)9-4-2;1-2/h9-12H,13H2,1-8H3;6-9H,10H2,1-5H3;1-6H,7-8H2,(H,15,19);1-4H,(H,9,10);1-2H,3-4,7H2;3-4H2,1-2H3;1H3/q+1;;;;;;/i;20-1;14-1;8-1;;;2-1. The normalized spacial score (nSPS) is 11.9. The number of esters is 2. The summed E-state index contributed by atoms with van der Waals surface area (Å²) in [6, 6.07) is 22.8. The highest BCUT2D eigenvalue weighted by Crippen LogP contribution is 2.46. The van der Waals surface area contributed by atoms with Crippen LogP contribution in [0.25, 0.3) is 0 Å². The Kier molecular flexibility index (Phi) is 35.0. The molecule has 0 radical (unpaired) electrons. The van der Waals surface area contributed by atoms with Crippen molar-refractivity contribution in [1.29, 1.82) is 5.26 Å². The first-order valence-electron chi connectivity index (χ1n) is 30.7. The highest BCUT2D eigenvalue weighted by Gasteiger charge is 2.25. The summed E-state index contributed by atoms with van der Waals surface area (Å²) < 4.78 is 79.1. The van der Waals surface area contributed by atoms with Crippen molar-refractivity contribution in [2.75, 3.05) is 67.7 Å². The van der Waals surface area contributed by atoms with Crippen LogP contribution < -0.4 is 15.5 Å². The predicted octanol–water partition coefficient (Wildman–Crippen LogP) is 12.7. The van der Waals surface area contributed by atoms with Crippen LogP contribution in [0.4, 0.5) is 23.2 Å². The third-order valence-corrected chi connectivity index (χ3v) is 17.1. The summed E-state index contributed by atoms with van der Waals surface area (Å²) in [5.74, 6) is -3.17. The highest BCUT2D eigenvalue weighted by molar-refractivity contribution is 7.59. The molecule has 2 aliphatic heterocycles. The topological polar surface area (TPSA) is 279 Å². The zero-order valence-corrected chi connectivity index (χ0v) is 59.2. The number of benzene rings is 6. The van der Waals surface area contributed by atoms with Crippen molar-refractivity contribution in [1.82, 2.24) is 19.6 Å². The second-order valence-corrected chi connectivity index (χ2v) is 24.3. The van der Waals surface area contributed by atoms with Crippen LogP contribution in [0.15, 0.2) is 121 Å². The summed E-state index contributed by atoms with van der Waals surface area (Å²) in [4.78, 5) is 92.4. The molecule has 8 rings (SSSR count). The largest absolute Gasteiger partial charge is 0.478 e. The van der Waals surface area contributed by atoms with Gasteiger partial charge in [-0.2, -0.15) is 5.26 Å². The van der Waals surface area contributed by atoms with Gasteiger partial charge in [-0.15, -0.1) is 0 Å². The van der Waals surface area contributed by atoms with Crippen molar-refractivity contribution in [2.24, 2.45) is 5.73 Å². The van der Waals surface area contributed by atoms with E-state index in [1.165, 1.54) is 135 Å². The van der Waals surface area contributed by atoms with Crippen LogP contribution in [0.3, 0.4) is 0 Å². The Balaban J connectivity index is 0.000000413. The van der Waals surface area contributed by atoms with Crippen molar-refractivity contribution in [2.45, 2.75) is 96.3 Å². The lowest BCUT2D eigenvalue weighted by Gasteiger charge is -2.23. The summed E-state index contributed by atoms with van der Waals surface area (Å²) in [6.45, 7) is 26.2. The van der Waals surface area contributed by atoms with Crippen molar-refractivity contribution in [3.05, 3.63) is 228 Å². The van der Waals surface area contributed by atoms with Crippen molar-refractivity contribution < 1.29 is 84.1 Å². The van der Waals surface area contributed by atoms with Gasteiger partial charge in [0.25, 0.3) is 29.5 Å². The molecule has 4 N–H and O–H groups in total. The van der Waals surface area contributed by atoms with Crippen molar-refractivity contribution in [3.8, 4) is 5.81 Å². The number of carboxylic acids is 1. The fourth-order valence-electron chi connectivity index (χ4n) is 9.11. The molecule has 25 heteroatoms. The van der Waals surface area contributed by atoms with Gasteiger partial charge >= 0.3 is 25.5 Å². The molecule has 526 valence electrons. The van der Waals surface area contributed by atoms with Crippen LogP contribution in [0, 0.1) is 97.8 Å². The monoisotopic (exact) mass is 1380 g/mol. The van der Waals surface area contributed by atoms with Gasteiger partial charge in [-0.05, 0) is 247 Å². The van der Waals surface area contributed by atoms with E-state index in [9.17, 15) is 60.5 Å². The number of carbonyl (C=O) groups excluding carboxylic acids is 7. The first-order valence-corrected chi connectivity index (χ1v) is 32.2. The number of ether oxygens (including phenoxy) is 2. The number of carboxylic acid groups (broad SMARTS) is 1. The highest BCUT2D eigenvalue weighted by atomic mass is 31.2. The molecule has 20 nitrogen and oxygen atoms in total. The summed E-state index contributed by atoms with van der Waals surface area (Å²) in [6.07, 6.45) is 4.87. The molecule has 2 aliphatic rings. The van der Waals surface area contributed by atoms with E-state index in [1.807, 2.05) is 24.3 Å². The van der Waals surface area contributed by atoms with E-state index in [1.54, 1.807) is 13.8 Å². The van der Waals surface area contributed by atoms with Gasteiger partial charge in [0.1, 0.15) is 36.4 Å². The van der Waals surface area contributed by atoms with Crippen LogP contribution in [0.2, 0.25) is 0 Å². The lowest BCUT2D eigenvalue weighted by molar-refractivity contribution is -0.138. The second kappa shape index (κ2) is 40.7. The number of nitriles is 1. The SMILES string of the molecule is CCOP(=O)(C#N)OCC.C[18F].Cc1c(C)c(C)c(COC(=O)c2ccc([18F])cc2)c(C)c1C.Cc1c(C)c(C)c(COC(=O)c2ccc([N+](C)(C)C)cc2)c(C)c1C.NCCN1C(=O)C=CC1=O.O=C(NCCN1C(=O)C=CC1=O)c1ccc([18F])cc1.O=C(O)c1ccc([18F])cc1. The molecule has 6 aromatic carbocycles. The maximum absolute atomic E-state index is 12.9. The van der Waals surface area contributed by atoms with Gasteiger partial charge in [0.05, 0.1) is 58.2 Å². The molecule has 0 fully saturated rings. The Morgan fingerprint density at radius 1 is 0.510 bits per heavy atom. The molecule has 98 heavy (non-hydrogen) atoms. The van der Waals surface area contributed by atoms with Gasteiger partial charge < -0.3 is 25.6 Å². The molecule has 5 amide bonds. The van der Waals surface area contributed by atoms with E-state index in [4.69, 9.17) is 25.6 Å². The fourth-order valence-corrected chi connectivity index (χ4v) is 9.98.